The molecule has 17 nitrogen and oxygen atoms in total. The predicted molar refractivity (Wildman–Crippen MR) is 603 cm³/mol. The molecule has 1 atom stereocenters. The zero-order chi connectivity index (χ0) is 101. The highest BCUT2D eigenvalue weighted by Gasteiger charge is 2.64. The van der Waals surface area contributed by atoms with Crippen molar-refractivity contribution in [3.05, 3.63) is 290 Å². The normalized spacial score (nSPS) is 17.1. The van der Waals surface area contributed by atoms with Crippen molar-refractivity contribution in [2.24, 2.45) is 23.7 Å². The standard InChI is InChI=1S/C23H31BO3.C23H30BO3.C20H18ClN3.C17H19BrO.C12H24B2O4.C10H12Br2.C7H9BO3.2CH4.B/c2*1-16(2)12-17-13-18(20-10-8-9-11-21(20)25-7)15-19(14-17)24-26-22(3,4)23(5,6)27-24;21-18-14-15-8-4-5-11-17(15)20(23-18)24(16-9-2-1-3-10-16)19-12-6-7-13-22-19;1-12(2)8-13-9-14(11-15(18)10-13)16-6-4-5-7-17(16)19-3;1-9(2)10(3,4)16-13(15-9)14-17-11(5,6)12(7,8)18-14;1-7(2)3-8-4-9(11)6-10(12)5-8;1-11-7-5-3-2-4-6(7)8(9)10;;;/h8-11,13-16H,12H2,1-7H3;8-11,13-16H,3,12H2,1-2,4-7H3;1-3,6-7,9-10,12-14H,4-5,8,11H2;4-7,9-12H,8H2,1-3H3;1-8H3;4-7H,3H2,1-2H3;2-5,9-10H,1H3;2*1H4;/q;+1;;;;;;;;. The SMILES string of the molecule is C.C.CC(C)Cc1cc(Br)cc(Br)c1.CC1(C)OB(B2OC(C)(C)C(C)(C)O2)OC1(C)C.COc1ccccc1-c1cc(Br)cc(CC(C)C)c1.COc1ccccc1-c1cc(CC(C)C)cc(B2OC(C)(C)C(C)(C)O2)c1.COc1ccccc1B(O)O.Clc1cc2c(c(N(c3ccccc3)c3ccccn3)n1)CCCC2.[B].[CH2+]C1(C)OB(c2cc(CC(C)C)cc(-c3ccccc3OC)c2)OC1(C)C. The lowest BCUT2D eigenvalue weighted by Gasteiger charge is -2.32. The number of aromatic nitrogens is 2. The number of benzene rings is 9. The molecule has 4 saturated heterocycles. The lowest BCUT2D eigenvalue weighted by atomic mass is 9.49. The first-order valence-corrected chi connectivity index (χ1v) is 50.8. The van der Waals surface area contributed by atoms with E-state index >= 15 is 0 Å². The number of pyridine rings is 2. The third kappa shape index (κ3) is 32.2. The van der Waals surface area contributed by atoms with Crippen LogP contribution < -0.4 is 40.2 Å². The number of aryl methyl sites for hydroxylation is 1. The summed E-state index contributed by atoms with van der Waals surface area (Å²) in [7, 11) is 3.41. The minimum Gasteiger partial charge on any atom is -0.497 e. The van der Waals surface area contributed by atoms with Crippen LogP contribution in [0.25, 0.3) is 33.4 Å². The highest BCUT2D eigenvalue weighted by atomic mass is 79.9. The summed E-state index contributed by atoms with van der Waals surface area (Å²) in [6.07, 6.45) is 10.5. The second-order valence-corrected chi connectivity index (χ2v) is 44.4. The molecule has 6 heterocycles. The van der Waals surface area contributed by atoms with E-state index in [0.29, 0.717) is 40.0 Å². The predicted octanol–water partition coefficient (Wildman–Crippen LogP) is 27.3. The molecule has 5 aliphatic rings. The van der Waals surface area contributed by atoms with Crippen LogP contribution in [0.4, 0.5) is 17.3 Å². The first kappa shape index (κ1) is 120. The zero-order valence-corrected chi connectivity index (χ0v) is 92.2. The van der Waals surface area contributed by atoms with Crippen LogP contribution in [0.15, 0.2) is 244 Å². The number of nitrogens with zero attached hydrogens (tertiary/aromatic N) is 3. The fourth-order valence-corrected chi connectivity index (χ4v) is 18.7. The number of anilines is 3. The van der Waals surface area contributed by atoms with E-state index in [-0.39, 0.29) is 64.0 Å². The molecule has 2 N–H and O–H groups in total. The molecule has 11 aromatic rings. The number of hydrogen-bond donors (Lipinski definition) is 2. The van der Waals surface area contributed by atoms with Crippen molar-refractivity contribution >= 4 is 137 Å². The summed E-state index contributed by atoms with van der Waals surface area (Å²) in [4.78, 5) is 11.4. The Labute approximate surface area is 879 Å². The Balaban J connectivity index is 0.000000227. The molecule has 0 bridgehead atoms. The summed E-state index contributed by atoms with van der Waals surface area (Å²) in [5.41, 5.74) is 14.9. The van der Waals surface area contributed by atoms with Gasteiger partial charge >= 0.3 is 35.4 Å². The van der Waals surface area contributed by atoms with Gasteiger partial charge in [-0.1, -0.05) is 269 Å². The molecule has 1 unspecified atom stereocenters. The van der Waals surface area contributed by atoms with Gasteiger partial charge in [0, 0.05) is 62.8 Å². The lowest BCUT2D eigenvalue weighted by Crippen LogP contribution is -2.42. The topological polar surface area (TPSA) is 180 Å². The van der Waals surface area contributed by atoms with Gasteiger partial charge in [0.05, 0.1) is 69.0 Å². The molecule has 141 heavy (non-hydrogen) atoms. The summed E-state index contributed by atoms with van der Waals surface area (Å²) in [5.74, 6) is 7.40. The summed E-state index contributed by atoms with van der Waals surface area (Å²) in [5, 5.41) is 18.2. The van der Waals surface area contributed by atoms with Gasteiger partial charge in [-0.05, 0) is 318 Å². The average Bonchev–Trinajstić information content (AvgIpc) is 1.54. The Bertz CT molecular complexity index is 5500. The van der Waals surface area contributed by atoms with Gasteiger partial charge in [0.1, 0.15) is 45.4 Å². The van der Waals surface area contributed by atoms with E-state index in [1.807, 2.05) is 179 Å². The monoisotopic (exact) mass is 2120 g/mol. The van der Waals surface area contributed by atoms with E-state index < -0.39 is 39.5 Å². The van der Waals surface area contributed by atoms with E-state index in [0.717, 1.165) is 125 Å². The minimum atomic E-state index is -1.47. The smallest absolute Gasteiger partial charge is 0.497 e. The number of halogens is 4. The van der Waals surface area contributed by atoms with Gasteiger partial charge in [-0.25, -0.2) is 9.97 Å². The van der Waals surface area contributed by atoms with Gasteiger partial charge in [-0.2, -0.15) is 0 Å². The van der Waals surface area contributed by atoms with Gasteiger partial charge < -0.3 is 66.2 Å². The summed E-state index contributed by atoms with van der Waals surface area (Å²) in [6, 6.07) is 75.5. The molecular weight excluding hydrogens is 1980 g/mol. The molecule has 1 aliphatic carbocycles. The Morgan fingerprint density at radius 1 is 0.404 bits per heavy atom. The Morgan fingerprint density at radius 3 is 1.12 bits per heavy atom. The van der Waals surface area contributed by atoms with Crippen molar-refractivity contribution in [1.82, 2.24) is 9.97 Å². The number of rotatable bonds is 22. The van der Waals surface area contributed by atoms with Gasteiger partial charge in [-0.15, -0.1) is 0 Å². The van der Waals surface area contributed by atoms with Crippen molar-refractivity contribution in [1.29, 1.82) is 0 Å². The molecular formula is C114H151B6Br3ClN3O14+. The van der Waals surface area contributed by atoms with Crippen LogP contribution in [0.2, 0.25) is 5.15 Å². The zero-order valence-electron chi connectivity index (χ0n) is 86.7. The van der Waals surface area contributed by atoms with E-state index in [1.54, 1.807) is 45.6 Å². The van der Waals surface area contributed by atoms with Crippen LogP contribution in [0.1, 0.15) is 220 Å². The molecule has 4 fully saturated rings. The van der Waals surface area contributed by atoms with Gasteiger partial charge in [0.2, 0.25) is 5.60 Å². The largest absolute Gasteiger partial charge is 0.498 e. The third-order valence-corrected chi connectivity index (χ3v) is 27.7. The number of fused-ring (bicyclic) bond motifs is 1. The van der Waals surface area contributed by atoms with E-state index in [1.165, 1.54) is 58.9 Å². The molecule has 16 rings (SSSR count). The molecule has 751 valence electrons. The maximum atomic E-state index is 8.81. The maximum absolute atomic E-state index is 8.81. The quantitative estimate of drug-likeness (QED) is 0.0371. The summed E-state index contributed by atoms with van der Waals surface area (Å²) < 4.78 is 73.8. The number of hydrogen-bond acceptors (Lipinski definition) is 17. The minimum absolute atomic E-state index is 0. The Kier molecular flexibility index (Phi) is 44.4. The van der Waals surface area contributed by atoms with Crippen LogP contribution >= 0.6 is 59.4 Å². The molecule has 0 saturated carbocycles. The highest BCUT2D eigenvalue weighted by molar-refractivity contribution is 9.11. The van der Waals surface area contributed by atoms with Crippen LogP contribution in [0.5, 0.6) is 23.0 Å². The second kappa shape index (κ2) is 52.3. The van der Waals surface area contributed by atoms with Crippen LogP contribution in [0.3, 0.4) is 0 Å². The van der Waals surface area contributed by atoms with Gasteiger partial charge in [0.25, 0.3) is 0 Å². The maximum Gasteiger partial charge on any atom is 0.498 e. The average molecular weight is 2130 g/mol. The van der Waals surface area contributed by atoms with Crippen molar-refractivity contribution in [3.8, 4) is 56.4 Å². The van der Waals surface area contributed by atoms with Crippen LogP contribution in [-0.2, 0) is 75.8 Å². The van der Waals surface area contributed by atoms with E-state index in [2.05, 4.69) is 251 Å². The van der Waals surface area contributed by atoms with Gasteiger partial charge in [-0.3, -0.25) is 4.90 Å². The summed E-state index contributed by atoms with van der Waals surface area (Å²) >= 11 is 16.9. The molecule has 0 spiro atoms. The first-order valence-electron chi connectivity index (χ1n) is 48.0. The Morgan fingerprint density at radius 2 is 0.745 bits per heavy atom. The van der Waals surface area contributed by atoms with E-state index in [9.17, 15) is 0 Å². The number of para-hydroxylation sites is 5. The lowest BCUT2D eigenvalue weighted by molar-refractivity contribution is 0.00578. The molecule has 2 aromatic heterocycles. The summed E-state index contributed by atoms with van der Waals surface area (Å²) in [6.45, 7) is 52.7. The molecule has 4 aliphatic heterocycles. The van der Waals surface area contributed by atoms with Crippen LogP contribution in [-0.4, -0.2) is 137 Å². The highest BCUT2D eigenvalue weighted by Crippen LogP contribution is 2.46. The molecule has 27 heteroatoms. The van der Waals surface area contributed by atoms with Crippen molar-refractivity contribution in [2.75, 3.05) is 33.3 Å². The van der Waals surface area contributed by atoms with Crippen LogP contribution in [0, 0.1) is 30.6 Å². The van der Waals surface area contributed by atoms with Crippen molar-refractivity contribution in [2.45, 2.75) is 270 Å². The second-order valence-electron chi connectivity index (χ2n) is 41.3. The Hall–Kier alpha value is -8.13. The number of ether oxygens (including phenoxy) is 4. The van der Waals surface area contributed by atoms with Gasteiger partial charge in [0.15, 0.2) is 0 Å². The molecule has 3 radical (unpaired) electrons. The first-order chi connectivity index (χ1) is 64.9. The van der Waals surface area contributed by atoms with E-state index in [4.69, 9.17) is 82.8 Å². The third-order valence-electron chi connectivity index (χ3n) is 26.2. The van der Waals surface area contributed by atoms with Crippen molar-refractivity contribution in [3.63, 3.8) is 0 Å². The molecule has 0 amide bonds. The fraction of sp³-hybridized carbons (Fsp3) is 0.430. The molecule has 9 aromatic carbocycles. The van der Waals surface area contributed by atoms with Crippen molar-refractivity contribution < 1.29 is 66.2 Å². The fourth-order valence-electron chi connectivity index (χ4n) is 16.5. The number of methoxy groups -OCH3 is 4.